The number of rotatable bonds is 3. The maximum atomic E-state index is 12.8. The molecule has 4 aromatic rings. The molecular formula is C17H11BrN4O3. The number of halogens is 1. The van der Waals surface area contributed by atoms with Gasteiger partial charge in [0.1, 0.15) is 28.1 Å². The fraction of sp³-hybridized carbons (Fsp3) is 0.0588. The molecule has 0 atom stereocenters. The Kier molecular flexibility index (Phi) is 3.81. The van der Waals surface area contributed by atoms with E-state index >= 15 is 0 Å². The maximum absolute atomic E-state index is 12.8. The first-order valence-corrected chi connectivity index (χ1v) is 8.11. The fourth-order valence-corrected chi connectivity index (χ4v) is 2.98. The lowest BCUT2D eigenvalue weighted by Crippen LogP contribution is -2.12. The van der Waals surface area contributed by atoms with Crippen LogP contribution in [0.25, 0.3) is 28.2 Å². The lowest BCUT2D eigenvalue weighted by Gasteiger charge is -2.11. The van der Waals surface area contributed by atoms with Crippen molar-refractivity contribution in [2.24, 2.45) is 0 Å². The molecule has 1 aromatic carbocycles. The second kappa shape index (κ2) is 6.14. The van der Waals surface area contributed by atoms with Crippen LogP contribution in [0.1, 0.15) is 0 Å². The van der Waals surface area contributed by atoms with Gasteiger partial charge in [-0.3, -0.25) is 4.79 Å². The molecule has 0 N–H and O–H groups in total. The van der Waals surface area contributed by atoms with Gasteiger partial charge in [0.05, 0.1) is 7.11 Å². The van der Waals surface area contributed by atoms with Gasteiger partial charge in [0.2, 0.25) is 5.89 Å². The van der Waals surface area contributed by atoms with Gasteiger partial charge in [0.25, 0.3) is 5.56 Å². The van der Waals surface area contributed by atoms with Gasteiger partial charge in [-0.2, -0.15) is 10.1 Å². The predicted octanol–water partition coefficient (Wildman–Crippen LogP) is 3.21. The van der Waals surface area contributed by atoms with Crippen LogP contribution in [0.2, 0.25) is 0 Å². The Morgan fingerprint density at radius 3 is 2.80 bits per heavy atom. The zero-order valence-electron chi connectivity index (χ0n) is 13.0. The molecule has 0 aliphatic carbocycles. The number of pyridine rings is 1. The summed E-state index contributed by atoms with van der Waals surface area (Å²) >= 11 is 3.39. The van der Waals surface area contributed by atoms with Crippen LogP contribution in [-0.2, 0) is 0 Å². The minimum atomic E-state index is -0.446. The zero-order valence-corrected chi connectivity index (χ0v) is 14.6. The van der Waals surface area contributed by atoms with Crippen LogP contribution >= 0.6 is 15.9 Å². The smallest absolute Gasteiger partial charge is 0.286 e. The average Bonchev–Trinajstić information content (AvgIpc) is 3.15. The number of fused-ring (bicyclic) bond motifs is 1. The summed E-state index contributed by atoms with van der Waals surface area (Å²) in [6, 6.07) is 8.72. The molecule has 0 amide bonds. The van der Waals surface area contributed by atoms with Gasteiger partial charge in [-0.15, -0.1) is 0 Å². The van der Waals surface area contributed by atoms with E-state index in [0.29, 0.717) is 32.6 Å². The van der Waals surface area contributed by atoms with Gasteiger partial charge in [-0.1, -0.05) is 0 Å². The molecule has 0 saturated carbocycles. The molecular weight excluding hydrogens is 388 g/mol. The van der Waals surface area contributed by atoms with Gasteiger partial charge < -0.3 is 9.15 Å². The molecule has 0 aliphatic heterocycles. The van der Waals surface area contributed by atoms with Crippen molar-refractivity contribution in [3.05, 3.63) is 63.7 Å². The minimum absolute atomic E-state index is 0.140. The fourth-order valence-electron chi connectivity index (χ4n) is 2.56. The van der Waals surface area contributed by atoms with E-state index in [2.05, 4.69) is 31.0 Å². The van der Waals surface area contributed by atoms with Gasteiger partial charge in [-0.05, 0) is 46.3 Å². The van der Waals surface area contributed by atoms with E-state index in [1.807, 2.05) is 0 Å². The summed E-state index contributed by atoms with van der Waals surface area (Å²) in [5.41, 5.74) is 0.868. The van der Waals surface area contributed by atoms with E-state index in [0.717, 1.165) is 0 Å². The molecule has 0 unspecified atom stereocenters. The summed E-state index contributed by atoms with van der Waals surface area (Å²) < 4.78 is 13.5. The first kappa shape index (κ1) is 15.5. The maximum Gasteiger partial charge on any atom is 0.286 e. The van der Waals surface area contributed by atoms with E-state index in [1.54, 1.807) is 53.6 Å². The molecule has 3 aromatic heterocycles. The summed E-state index contributed by atoms with van der Waals surface area (Å²) in [5, 5.41) is 4.48. The third kappa shape index (κ3) is 2.60. The van der Waals surface area contributed by atoms with Crippen molar-refractivity contribution in [1.29, 1.82) is 0 Å². The minimum Gasteiger partial charge on any atom is -0.494 e. The van der Waals surface area contributed by atoms with E-state index in [-0.39, 0.29) is 5.89 Å². The molecule has 0 radical (unpaired) electrons. The van der Waals surface area contributed by atoms with Crippen LogP contribution in [-0.4, -0.2) is 26.9 Å². The van der Waals surface area contributed by atoms with Crippen molar-refractivity contribution >= 4 is 26.9 Å². The largest absolute Gasteiger partial charge is 0.494 e. The summed E-state index contributed by atoms with van der Waals surface area (Å²) in [7, 11) is 1.53. The van der Waals surface area contributed by atoms with Crippen LogP contribution < -0.4 is 10.3 Å². The molecule has 0 aliphatic rings. The zero-order chi connectivity index (χ0) is 17.4. The Morgan fingerprint density at radius 1 is 1.20 bits per heavy atom. The van der Waals surface area contributed by atoms with Crippen LogP contribution in [0.5, 0.6) is 5.75 Å². The Morgan fingerprint density at radius 2 is 2.08 bits per heavy atom. The van der Waals surface area contributed by atoms with Crippen molar-refractivity contribution < 1.29 is 9.15 Å². The van der Waals surface area contributed by atoms with Gasteiger partial charge in [-0.25, -0.2) is 9.67 Å². The summed E-state index contributed by atoms with van der Waals surface area (Å²) in [5.74, 6) is 0.638. The Hall–Kier alpha value is -3.00. The molecule has 0 saturated heterocycles. The van der Waals surface area contributed by atoms with Crippen LogP contribution in [0.3, 0.4) is 0 Å². The standard InChI is InChI=1S/C17H11BrN4O3/c1-24-12-6-5-11-13(15(12)22-9-3-8-20-22)16(23)21-17(25-11)14-10(18)4-2-7-19-14/h2-9H,1H3. The summed E-state index contributed by atoms with van der Waals surface area (Å²) in [6.45, 7) is 0. The van der Waals surface area contributed by atoms with Gasteiger partial charge >= 0.3 is 0 Å². The Bertz CT molecular complexity index is 1120. The van der Waals surface area contributed by atoms with Crippen molar-refractivity contribution in [3.63, 3.8) is 0 Å². The summed E-state index contributed by atoms with van der Waals surface area (Å²) in [6.07, 6.45) is 4.95. The lowest BCUT2D eigenvalue weighted by atomic mass is 10.2. The summed E-state index contributed by atoms with van der Waals surface area (Å²) in [4.78, 5) is 21.0. The third-order valence-electron chi connectivity index (χ3n) is 3.64. The highest BCUT2D eigenvalue weighted by Crippen LogP contribution is 2.31. The average molecular weight is 399 g/mol. The molecule has 7 nitrogen and oxygen atoms in total. The predicted molar refractivity (Wildman–Crippen MR) is 94.9 cm³/mol. The molecule has 0 bridgehead atoms. The van der Waals surface area contributed by atoms with E-state index < -0.39 is 5.56 Å². The number of methoxy groups -OCH3 is 1. The monoisotopic (exact) mass is 398 g/mol. The number of hydrogen-bond acceptors (Lipinski definition) is 6. The van der Waals surface area contributed by atoms with Gasteiger partial charge in [0, 0.05) is 23.1 Å². The van der Waals surface area contributed by atoms with E-state index in [4.69, 9.17) is 9.15 Å². The molecule has 0 spiro atoms. The number of nitrogens with zero attached hydrogens (tertiary/aromatic N) is 4. The van der Waals surface area contributed by atoms with Crippen molar-refractivity contribution in [2.75, 3.05) is 7.11 Å². The molecule has 8 heteroatoms. The number of benzene rings is 1. The number of hydrogen-bond donors (Lipinski definition) is 0. The number of aromatic nitrogens is 4. The highest BCUT2D eigenvalue weighted by molar-refractivity contribution is 9.10. The molecule has 124 valence electrons. The van der Waals surface area contributed by atoms with Crippen LogP contribution in [0.4, 0.5) is 0 Å². The first-order valence-electron chi connectivity index (χ1n) is 7.32. The van der Waals surface area contributed by atoms with E-state index in [9.17, 15) is 4.79 Å². The first-order chi connectivity index (χ1) is 12.2. The highest BCUT2D eigenvalue weighted by Gasteiger charge is 2.19. The number of ether oxygens (including phenoxy) is 1. The second-order valence-electron chi connectivity index (χ2n) is 5.10. The van der Waals surface area contributed by atoms with Crippen molar-refractivity contribution in [3.8, 4) is 23.0 Å². The normalized spacial score (nSPS) is 11.0. The van der Waals surface area contributed by atoms with Gasteiger partial charge in [0.15, 0.2) is 0 Å². The van der Waals surface area contributed by atoms with Crippen molar-refractivity contribution in [1.82, 2.24) is 19.7 Å². The Balaban J connectivity index is 2.04. The molecule has 25 heavy (non-hydrogen) atoms. The quantitative estimate of drug-likeness (QED) is 0.526. The SMILES string of the molecule is COc1ccc2oc(-c3ncccc3Br)nc(=O)c2c1-n1cccn1. The molecule has 0 fully saturated rings. The second-order valence-corrected chi connectivity index (χ2v) is 5.95. The highest BCUT2D eigenvalue weighted by atomic mass is 79.9. The lowest BCUT2D eigenvalue weighted by molar-refractivity contribution is 0.412. The van der Waals surface area contributed by atoms with Crippen molar-refractivity contribution in [2.45, 2.75) is 0 Å². The van der Waals surface area contributed by atoms with Crippen LogP contribution in [0, 0.1) is 0 Å². The Labute approximate surface area is 150 Å². The topological polar surface area (TPSA) is 83.0 Å². The molecule has 3 heterocycles. The van der Waals surface area contributed by atoms with Crippen LogP contribution in [0.15, 0.2) is 62.6 Å². The third-order valence-corrected chi connectivity index (χ3v) is 4.28. The van der Waals surface area contributed by atoms with E-state index in [1.165, 1.54) is 7.11 Å². The molecule has 4 rings (SSSR count).